The van der Waals surface area contributed by atoms with Crippen LogP contribution in [-0.2, 0) is 0 Å². The summed E-state index contributed by atoms with van der Waals surface area (Å²) in [5.41, 5.74) is 5.92. The fraction of sp³-hybridized carbons (Fsp3) is 1.00. The van der Waals surface area contributed by atoms with Crippen LogP contribution in [0.3, 0.4) is 0 Å². The van der Waals surface area contributed by atoms with Gasteiger partial charge in [-0.15, -0.1) is 0 Å². The highest BCUT2D eigenvalue weighted by Crippen LogP contribution is 2.26. The van der Waals surface area contributed by atoms with Gasteiger partial charge in [-0.05, 0) is 24.9 Å². The van der Waals surface area contributed by atoms with Crippen LogP contribution < -0.4 is 5.73 Å². The maximum Gasteiger partial charge on any atom is 0.0219 e. The Bertz CT molecular complexity index is 180. The molecule has 1 fully saturated rings. The summed E-state index contributed by atoms with van der Waals surface area (Å²) >= 11 is 4.05. The lowest BCUT2D eigenvalue weighted by atomic mass is 10.1. The lowest BCUT2D eigenvalue weighted by Gasteiger charge is -2.39. The predicted octanol–water partition coefficient (Wildman–Crippen LogP) is 2.28. The molecule has 0 aliphatic carbocycles. The summed E-state index contributed by atoms with van der Waals surface area (Å²) in [7, 11) is 0. The molecule has 1 heterocycles. The molecular formula is C12H26N2S2. The molecular weight excluding hydrogens is 236 g/mol. The smallest absolute Gasteiger partial charge is 0.0219 e. The van der Waals surface area contributed by atoms with Gasteiger partial charge < -0.3 is 5.73 Å². The molecule has 0 spiro atoms. The third-order valence-electron chi connectivity index (χ3n) is 3.12. The van der Waals surface area contributed by atoms with E-state index in [1.54, 1.807) is 0 Å². The van der Waals surface area contributed by atoms with Crippen molar-refractivity contribution in [1.82, 2.24) is 4.90 Å². The Balaban J connectivity index is 2.38. The van der Waals surface area contributed by atoms with Crippen LogP contribution in [0.2, 0.25) is 0 Å². The zero-order valence-corrected chi connectivity index (χ0v) is 12.4. The van der Waals surface area contributed by atoms with Crippen molar-refractivity contribution in [3.63, 3.8) is 0 Å². The van der Waals surface area contributed by atoms with Crippen LogP contribution in [0.5, 0.6) is 0 Å². The maximum atomic E-state index is 5.92. The van der Waals surface area contributed by atoms with Crippen LogP contribution in [0.25, 0.3) is 0 Å². The van der Waals surface area contributed by atoms with Crippen molar-refractivity contribution in [1.29, 1.82) is 0 Å². The van der Waals surface area contributed by atoms with Gasteiger partial charge in [0.05, 0.1) is 0 Å². The van der Waals surface area contributed by atoms with Gasteiger partial charge in [-0.25, -0.2) is 0 Å². The molecule has 0 radical (unpaired) electrons. The lowest BCUT2D eigenvalue weighted by Crippen LogP contribution is -2.49. The van der Waals surface area contributed by atoms with E-state index < -0.39 is 0 Å². The fourth-order valence-corrected chi connectivity index (χ4v) is 4.23. The van der Waals surface area contributed by atoms with E-state index in [0.717, 1.165) is 17.0 Å². The van der Waals surface area contributed by atoms with E-state index in [-0.39, 0.29) is 0 Å². The number of hydrogen-bond acceptors (Lipinski definition) is 4. The van der Waals surface area contributed by atoms with Crippen LogP contribution in [0.15, 0.2) is 0 Å². The summed E-state index contributed by atoms with van der Waals surface area (Å²) in [6, 6.07) is 0.609. The normalized spacial score (nSPS) is 29.2. The van der Waals surface area contributed by atoms with E-state index in [9.17, 15) is 0 Å². The number of nitrogens with zero attached hydrogens (tertiary/aromatic N) is 1. The molecule has 96 valence electrons. The van der Waals surface area contributed by atoms with Crippen molar-refractivity contribution < 1.29 is 0 Å². The monoisotopic (exact) mass is 262 g/mol. The van der Waals surface area contributed by atoms with E-state index >= 15 is 0 Å². The second-order valence-corrected chi connectivity index (χ2v) is 7.60. The number of nitrogens with two attached hydrogens (primary N) is 1. The number of rotatable bonds is 6. The third-order valence-corrected chi connectivity index (χ3v) is 5.05. The van der Waals surface area contributed by atoms with Gasteiger partial charge in [0.1, 0.15) is 0 Å². The van der Waals surface area contributed by atoms with Gasteiger partial charge in [-0.1, -0.05) is 13.8 Å². The first-order valence-corrected chi connectivity index (χ1v) is 8.59. The SMILES string of the molecule is CSCCCC(CN)N1CC(C)SC(C)C1. The molecule has 1 saturated heterocycles. The van der Waals surface area contributed by atoms with Crippen molar-refractivity contribution >= 4 is 23.5 Å². The summed E-state index contributed by atoms with van der Waals surface area (Å²) in [4.78, 5) is 2.62. The van der Waals surface area contributed by atoms with Crippen molar-refractivity contribution in [3.8, 4) is 0 Å². The molecule has 0 amide bonds. The summed E-state index contributed by atoms with van der Waals surface area (Å²) in [6.45, 7) is 7.93. The third kappa shape index (κ3) is 4.86. The van der Waals surface area contributed by atoms with E-state index in [0.29, 0.717) is 6.04 Å². The van der Waals surface area contributed by atoms with Crippen molar-refractivity contribution in [2.75, 3.05) is 31.6 Å². The first kappa shape index (κ1) is 14.7. The molecule has 1 aliphatic rings. The Labute approximate surface area is 109 Å². The number of hydrogen-bond donors (Lipinski definition) is 1. The first-order chi connectivity index (χ1) is 7.67. The molecule has 2 N–H and O–H groups in total. The van der Waals surface area contributed by atoms with Gasteiger partial charge in [0.25, 0.3) is 0 Å². The van der Waals surface area contributed by atoms with Crippen LogP contribution in [0, 0.1) is 0 Å². The summed E-state index contributed by atoms with van der Waals surface area (Å²) in [5.74, 6) is 1.27. The largest absolute Gasteiger partial charge is 0.329 e. The van der Waals surface area contributed by atoms with Gasteiger partial charge in [-0.2, -0.15) is 23.5 Å². The summed E-state index contributed by atoms with van der Waals surface area (Å²) in [6.07, 6.45) is 4.75. The van der Waals surface area contributed by atoms with E-state index in [1.165, 1.54) is 31.7 Å². The highest BCUT2D eigenvalue weighted by atomic mass is 32.2. The zero-order valence-electron chi connectivity index (χ0n) is 10.8. The predicted molar refractivity (Wildman–Crippen MR) is 78.5 cm³/mol. The highest BCUT2D eigenvalue weighted by molar-refractivity contribution is 8.00. The molecule has 0 aromatic heterocycles. The van der Waals surface area contributed by atoms with E-state index in [1.807, 2.05) is 11.8 Å². The molecule has 3 unspecified atom stereocenters. The minimum atomic E-state index is 0.609. The first-order valence-electron chi connectivity index (χ1n) is 6.25. The van der Waals surface area contributed by atoms with Gasteiger partial charge in [-0.3, -0.25) is 4.90 Å². The average molecular weight is 262 g/mol. The minimum Gasteiger partial charge on any atom is -0.329 e. The number of thioether (sulfide) groups is 2. The van der Waals surface area contributed by atoms with Crippen molar-refractivity contribution in [3.05, 3.63) is 0 Å². The maximum absolute atomic E-state index is 5.92. The van der Waals surface area contributed by atoms with Crippen LogP contribution >= 0.6 is 23.5 Å². The van der Waals surface area contributed by atoms with Crippen molar-refractivity contribution in [2.24, 2.45) is 5.73 Å². The van der Waals surface area contributed by atoms with Gasteiger partial charge in [0.2, 0.25) is 0 Å². The van der Waals surface area contributed by atoms with E-state index in [4.69, 9.17) is 5.73 Å². The van der Waals surface area contributed by atoms with Crippen LogP contribution in [-0.4, -0.2) is 53.1 Å². The molecule has 1 rings (SSSR count). The highest BCUT2D eigenvalue weighted by Gasteiger charge is 2.26. The van der Waals surface area contributed by atoms with Gasteiger partial charge in [0, 0.05) is 36.2 Å². The average Bonchev–Trinajstić information content (AvgIpc) is 2.23. The van der Waals surface area contributed by atoms with Crippen molar-refractivity contribution in [2.45, 2.75) is 43.2 Å². The Morgan fingerprint density at radius 2 is 2.00 bits per heavy atom. The molecule has 2 nitrogen and oxygen atoms in total. The molecule has 0 saturated carbocycles. The van der Waals surface area contributed by atoms with Gasteiger partial charge >= 0.3 is 0 Å². The lowest BCUT2D eigenvalue weighted by molar-refractivity contribution is 0.188. The topological polar surface area (TPSA) is 29.3 Å². The second-order valence-electron chi connectivity index (χ2n) is 4.74. The Morgan fingerprint density at radius 1 is 1.38 bits per heavy atom. The molecule has 0 bridgehead atoms. The summed E-state index contributed by atoms with van der Waals surface area (Å²) in [5, 5.41) is 1.52. The second kappa shape index (κ2) is 7.85. The molecule has 0 aromatic carbocycles. The van der Waals surface area contributed by atoms with Crippen LogP contribution in [0.4, 0.5) is 0 Å². The quantitative estimate of drug-likeness (QED) is 0.744. The molecule has 4 heteroatoms. The van der Waals surface area contributed by atoms with Crippen LogP contribution in [0.1, 0.15) is 26.7 Å². The molecule has 0 aromatic rings. The molecule has 3 atom stereocenters. The Hall–Kier alpha value is 0.620. The van der Waals surface area contributed by atoms with E-state index in [2.05, 4.69) is 36.8 Å². The minimum absolute atomic E-state index is 0.609. The molecule has 16 heavy (non-hydrogen) atoms. The Morgan fingerprint density at radius 3 is 2.50 bits per heavy atom. The zero-order chi connectivity index (χ0) is 12.0. The Kier molecular flexibility index (Phi) is 7.20. The fourth-order valence-electron chi connectivity index (χ4n) is 2.43. The summed E-state index contributed by atoms with van der Waals surface area (Å²) < 4.78 is 0. The molecule has 1 aliphatic heterocycles. The van der Waals surface area contributed by atoms with Gasteiger partial charge in [0.15, 0.2) is 0 Å². The standard InChI is InChI=1S/C12H26N2S2/c1-10-8-14(9-11(2)16-10)12(7-13)5-4-6-15-3/h10-12H,4-9,13H2,1-3H3.